The Kier molecular flexibility index (Phi) is 20.3. The Bertz CT molecular complexity index is 1830. The average Bonchev–Trinajstić information content (AvgIpc) is 3.14. The predicted octanol–water partition coefficient (Wildman–Crippen LogP) is 7.98. The van der Waals surface area contributed by atoms with Gasteiger partial charge < -0.3 is 31.1 Å². The van der Waals surface area contributed by atoms with Crippen LogP contribution >= 0.6 is 0 Å². The highest BCUT2D eigenvalue weighted by Gasteiger charge is 2.40. The Morgan fingerprint density at radius 3 is 0.983 bits per heavy atom. The van der Waals surface area contributed by atoms with Gasteiger partial charge in [0.2, 0.25) is 11.0 Å². The van der Waals surface area contributed by atoms with E-state index in [0.29, 0.717) is 0 Å². The first kappa shape index (κ1) is 51.9. The van der Waals surface area contributed by atoms with E-state index in [1.54, 1.807) is 0 Å². The van der Waals surface area contributed by atoms with Crippen LogP contribution in [0.25, 0.3) is 21.8 Å². The monoisotopic (exact) mass is 882 g/mol. The zero-order chi connectivity index (χ0) is 45.9. The quantitative estimate of drug-likeness (QED) is 0.0749. The molecule has 0 radical (unpaired) electrons. The molecule has 60 heavy (non-hydrogen) atoms. The molecule has 0 unspecified atom stereocenters. The second-order valence-electron chi connectivity index (χ2n) is 12.1. The smallest absolute Gasteiger partial charge is 0.475 e. The first-order valence-corrected chi connectivity index (χ1v) is 17.2. The predicted molar refractivity (Wildman–Crippen MR) is 188 cm³/mol. The fourth-order valence-corrected chi connectivity index (χ4v) is 4.89. The van der Waals surface area contributed by atoms with Crippen molar-refractivity contribution in [3.8, 4) is 0 Å². The summed E-state index contributed by atoms with van der Waals surface area (Å²) in [5, 5.41) is 38.5. The molecule has 2 aliphatic rings. The number of hydrogen-bond acceptors (Lipinski definition) is 6. The molecule has 0 atom stereocenters. The van der Waals surface area contributed by atoms with E-state index in [-0.39, 0.29) is 0 Å². The van der Waals surface area contributed by atoms with Gasteiger partial charge in [-0.05, 0) is 37.8 Å². The van der Waals surface area contributed by atoms with E-state index in [1.807, 2.05) is 0 Å². The number of carboxylic acid groups (broad SMARTS) is 4. The highest BCUT2D eigenvalue weighted by atomic mass is 19.4. The fraction of sp³-hybridized carbons (Fsp3) is 0.389. The van der Waals surface area contributed by atoms with Crippen molar-refractivity contribution in [1.82, 2.24) is 0 Å². The van der Waals surface area contributed by atoms with Crippen LogP contribution in [0, 0.1) is 0 Å². The van der Waals surface area contributed by atoms with E-state index >= 15 is 0 Å². The first-order chi connectivity index (χ1) is 27.7. The lowest BCUT2D eigenvalue weighted by Crippen LogP contribution is -2.35. The molecule has 4 heterocycles. The minimum absolute atomic E-state index is 1.02. The summed E-state index contributed by atoms with van der Waals surface area (Å²) >= 11 is 0. The van der Waals surface area contributed by atoms with Crippen LogP contribution in [-0.2, 0) is 32.3 Å². The van der Waals surface area contributed by atoms with Crippen molar-refractivity contribution in [1.29, 1.82) is 0 Å². The molecule has 6 rings (SSSR count). The van der Waals surface area contributed by atoms with Gasteiger partial charge in [0.1, 0.15) is 13.1 Å². The third kappa shape index (κ3) is 19.1. The van der Waals surface area contributed by atoms with Crippen LogP contribution in [-0.4, -0.2) is 82.1 Å². The van der Waals surface area contributed by atoms with Crippen LogP contribution < -0.4 is 19.8 Å². The largest absolute Gasteiger partial charge is 0.490 e. The van der Waals surface area contributed by atoms with Gasteiger partial charge in [0.25, 0.3) is 0 Å². The van der Waals surface area contributed by atoms with E-state index in [2.05, 4.69) is 92.8 Å². The van der Waals surface area contributed by atoms with Crippen molar-refractivity contribution in [3.63, 3.8) is 0 Å². The van der Waals surface area contributed by atoms with E-state index < -0.39 is 48.6 Å². The van der Waals surface area contributed by atoms with E-state index in [9.17, 15) is 52.7 Å². The molecule has 4 aromatic rings. The molecular formula is C36H38F12N4O8+2. The summed E-state index contributed by atoms with van der Waals surface area (Å²) in [6.07, 6.45) is -8.62. The molecule has 0 aliphatic carbocycles. The van der Waals surface area contributed by atoms with Gasteiger partial charge in [-0.1, -0.05) is 24.3 Å². The summed E-state index contributed by atoms with van der Waals surface area (Å²) in [7, 11) is 0. The summed E-state index contributed by atoms with van der Waals surface area (Å²) in [6.45, 7) is 4.16. The van der Waals surface area contributed by atoms with Crippen molar-refractivity contribution >= 4 is 57.1 Å². The highest BCUT2D eigenvalue weighted by Crippen LogP contribution is 2.23. The Morgan fingerprint density at radius 1 is 0.433 bits per heavy atom. The van der Waals surface area contributed by atoms with Crippen LogP contribution in [0.15, 0.2) is 73.1 Å². The number of rotatable bonds is 0. The van der Waals surface area contributed by atoms with Gasteiger partial charge >= 0.3 is 48.6 Å². The van der Waals surface area contributed by atoms with Crippen LogP contribution in [0.2, 0.25) is 0 Å². The van der Waals surface area contributed by atoms with Gasteiger partial charge in [-0.2, -0.15) is 61.8 Å². The lowest BCUT2D eigenvalue weighted by atomic mass is 10.1. The van der Waals surface area contributed by atoms with Crippen molar-refractivity contribution < 1.29 is 101 Å². The molecule has 0 saturated carbocycles. The second kappa shape index (κ2) is 23.5. The number of pyridine rings is 2. The normalized spacial score (nSPS) is 13.8. The molecule has 2 aliphatic heterocycles. The standard InChI is InChI=1S/C28H32N4.4C2HF3O2/c1-7-17-29-25-15-21-31(27-13-5-3-11-23(25)27)19-9-2-10-20-32-22-16-26(30-18-8-1)24-12-4-6-14-28(24)32;4*3-2(4,5)1(6)7/h3-6,11-16,21-22H,1-2,7-10,17-20H2;4*(H,6,7)/p+2. The Morgan fingerprint density at radius 2 is 0.700 bits per heavy atom. The molecule has 0 fully saturated rings. The minimum atomic E-state index is -5.08. The Labute approximate surface area is 331 Å². The number of aliphatic carboxylic acids is 4. The number of para-hydroxylation sites is 2. The number of halogens is 12. The number of benzene rings is 2. The molecule has 12 nitrogen and oxygen atoms in total. The Balaban J connectivity index is 0.000000522. The van der Waals surface area contributed by atoms with E-state index in [1.165, 1.54) is 71.7 Å². The highest BCUT2D eigenvalue weighted by molar-refractivity contribution is 5.89. The van der Waals surface area contributed by atoms with Gasteiger partial charge in [0.05, 0.1) is 22.1 Å². The fourth-order valence-electron chi connectivity index (χ4n) is 4.89. The molecule has 2 aromatic carbocycles. The summed E-state index contributed by atoms with van der Waals surface area (Å²) in [4.78, 5) is 35.6. The lowest BCUT2D eigenvalue weighted by Gasteiger charge is -2.12. The maximum absolute atomic E-state index is 10.6. The maximum Gasteiger partial charge on any atom is 0.490 e. The van der Waals surface area contributed by atoms with Crippen molar-refractivity contribution in [2.45, 2.75) is 76.3 Å². The van der Waals surface area contributed by atoms with Gasteiger partial charge in [-0.15, -0.1) is 0 Å². The zero-order valence-electron chi connectivity index (χ0n) is 30.9. The molecule has 24 heteroatoms. The number of carbonyl (C=O) groups is 4. The first-order valence-electron chi connectivity index (χ1n) is 17.2. The van der Waals surface area contributed by atoms with Gasteiger partial charge in [0.15, 0.2) is 12.4 Å². The third-order valence-electron chi connectivity index (χ3n) is 7.60. The molecule has 0 spiro atoms. The number of anilines is 2. The number of aromatic nitrogens is 2. The summed E-state index contributed by atoms with van der Waals surface area (Å²) < 4.78 is 132. The third-order valence-corrected chi connectivity index (χ3v) is 7.60. The summed E-state index contributed by atoms with van der Waals surface area (Å²) in [6, 6.07) is 22.1. The number of nitrogens with one attached hydrogen (secondary N) is 2. The SMILES string of the molecule is O=C(O)C(F)(F)F.O=C(O)C(F)(F)F.O=C(O)C(F)(F)F.O=C(O)C(F)(F)F.c1ccc2c(c1)c1cc[n+]2CCCCC[n+]2ccc(c3ccccc32)NCCCCCN1. The van der Waals surface area contributed by atoms with Crippen LogP contribution in [0.4, 0.5) is 64.1 Å². The number of alkyl halides is 12. The lowest BCUT2D eigenvalue weighted by molar-refractivity contribution is -0.675. The maximum atomic E-state index is 10.6. The average molecular weight is 883 g/mol. The van der Waals surface area contributed by atoms with Crippen LogP contribution in [0.1, 0.15) is 38.5 Å². The van der Waals surface area contributed by atoms with Gasteiger partial charge in [-0.25, -0.2) is 19.2 Å². The molecule has 6 N–H and O–H groups in total. The van der Waals surface area contributed by atoms with E-state index in [4.69, 9.17) is 39.6 Å². The molecular weight excluding hydrogens is 844 g/mol. The summed E-state index contributed by atoms with van der Waals surface area (Å²) in [5.41, 5.74) is 5.16. The van der Waals surface area contributed by atoms with Crippen molar-refractivity contribution in [3.05, 3.63) is 73.1 Å². The van der Waals surface area contributed by atoms with Crippen LogP contribution in [0.5, 0.6) is 0 Å². The molecule has 2 aromatic heterocycles. The van der Waals surface area contributed by atoms with E-state index in [0.717, 1.165) is 26.2 Å². The zero-order valence-corrected chi connectivity index (χ0v) is 30.9. The topological polar surface area (TPSA) is 181 Å². The number of fused-ring (bicyclic) bond motifs is 12. The van der Waals surface area contributed by atoms with Crippen molar-refractivity contribution in [2.75, 3.05) is 23.7 Å². The number of carboxylic acids is 4. The van der Waals surface area contributed by atoms with Gasteiger partial charge in [0, 0.05) is 50.2 Å². The molecule has 4 bridgehead atoms. The number of hydrogen-bond donors (Lipinski definition) is 6. The molecule has 0 saturated heterocycles. The summed E-state index contributed by atoms with van der Waals surface area (Å²) in [5.74, 6) is -11.0. The minimum Gasteiger partial charge on any atom is -0.475 e. The van der Waals surface area contributed by atoms with Crippen molar-refractivity contribution in [2.24, 2.45) is 0 Å². The van der Waals surface area contributed by atoms with Crippen LogP contribution in [0.3, 0.4) is 0 Å². The molecule has 0 amide bonds. The van der Waals surface area contributed by atoms with Gasteiger partial charge in [-0.3, -0.25) is 0 Å². The number of nitrogens with zero attached hydrogens (tertiary/aromatic N) is 2. The Hall–Kier alpha value is -6.10. The molecule has 332 valence electrons. The second-order valence-corrected chi connectivity index (χ2v) is 12.1. The number of aryl methyl sites for hydroxylation is 2.